The van der Waals surface area contributed by atoms with E-state index in [-0.39, 0.29) is 35.1 Å². The molecule has 2 aromatic carbocycles. The molecular weight excluding hydrogens is 519 g/mol. The van der Waals surface area contributed by atoms with Crippen molar-refractivity contribution in [1.82, 2.24) is 9.46 Å². The van der Waals surface area contributed by atoms with Gasteiger partial charge in [-0.15, -0.1) is 0 Å². The molecule has 0 spiro atoms. The lowest BCUT2D eigenvalue weighted by Crippen LogP contribution is -2.43. The smallest absolute Gasteiger partial charge is 0.355 e. The van der Waals surface area contributed by atoms with E-state index in [9.17, 15) is 26.4 Å². The Bertz CT molecular complexity index is 1480. The number of amides is 1. The van der Waals surface area contributed by atoms with E-state index in [0.29, 0.717) is 12.8 Å². The number of hydrogen-bond donors (Lipinski definition) is 1. The third kappa shape index (κ3) is 5.99. The van der Waals surface area contributed by atoms with E-state index in [1.165, 1.54) is 23.4 Å². The molecule has 1 aromatic heterocycles. The zero-order chi connectivity index (χ0) is 27.7. The summed E-state index contributed by atoms with van der Waals surface area (Å²) in [6, 6.07) is 10.3. The highest BCUT2D eigenvalue weighted by molar-refractivity contribution is 7.89. The molecule has 3 aromatic rings. The molecule has 1 aliphatic heterocycles. The van der Waals surface area contributed by atoms with Gasteiger partial charge in [-0.2, -0.15) is 17.5 Å². The molecule has 1 amide bonds. The molecule has 0 aliphatic carbocycles. The number of carbonyl (C=O) groups is 1. The first-order valence-electron chi connectivity index (χ1n) is 12.1. The fourth-order valence-corrected chi connectivity index (χ4v) is 6.20. The van der Waals surface area contributed by atoms with Gasteiger partial charge in [0, 0.05) is 18.8 Å². The number of nitrogens with zero attached hydrogens (tertiary/aromatic N) is 2. The molecule has 1 aliphatic rings. The van der Waals surface area contributed by atoms with Crippen molar-refractivity contribution in [3.8, 4) is 0 Å². The lowest BCUT2D eigenvalue weighted by atomic mass is 9.98. The van der Waals surface area contributed by atoms with E-state index in [0.717, 1.165) is 28.8 Å². The predicted octanol–water partition coefficient (Wildman–Crippen LogP) is 5.83. The zero-order valence-electron chi connectivity index (χ0n) is 21.2. The van der Waals surface area contributed by atoms with E-state index >= 15 is 0 Å². The maximum atomic E-state index is 13.6. The van der Waals surface area contributed by atoms with Crippen LogP contribution in [0.3, 0.4) is 0 Å². The van der Waals surface area contributed by atoms with Crippen LogP contribution in [0.5, 0.6) is 0 Å². The van der Waals surface area contributed by atoms with Crippen molar-refractivity contribution in [3.63, 3.8) is 0 Å². The first-order valence-corrected chi connectivity index (χ1v) is 13.5. The fourth-order valence-electron chi connectivity index (χ4n) is 4.43. The van der Waals surface area contributed by atoms with Gasteiger partial charge in [0.15, 0.2) is 10.7 Å². The minimum Gasteiger partial charge on any atom is -0.355 e. The number of carbonyl (C=O) groups excluding carboxylic acids is 1. The van der Waals surface area contributed by atoms with E-state index in [2.05, 4.69) is 10.5 Å². The van der Waals surface area contributed by atoms with Crippen molar-refractivity contribution in [2.24, 2.45) is 5.92 Å². The number of anilines is 1. The van der Waals surface area contributed by atoms with Crippen LogP contribution in [0.2, 0.25) is 0 Å². The Hall–Kier alpha value is -3.44. The SMILES string of the molecule is Cc1ccc(C)c(/C=C/c2onc(C)c2S(=O)(=O)N2CCC[C@@H](C(=O)Nc3cccc(C(F)(F)F)c3)C2)c1. The summed E-state index contributed by atoms with van der Waals surface area (Å²) in [5, 5.41) is 6.36. The summed E-state index contributed by atoms with van der Waals surface area (Å²) >= 11 is 0. The lowest BCUT2D eigenvalue weighted by molar-refractivity contribution is -0.137. The molecular formula is C27H28F3N3O4S. The normalized spacial score (nSPS) is 17.2. The summed E-state index contributed by atoms with van der Waals surface area (Å²) < 4.78 is 72.9. The zero-order valence-corrected chi connectivity index (χ0v) is 22.0. The number of halogens is 3. The fraction of sp³-hybridized carbons (Fsp3) is 0.333. The van der Waals surface area contributed by atoms with Crippen LogP contribution in [-0.2, 0) is 21.0 Å². The maximum Gasteiger partial charge on any atom is 0.416 e. The van der Waals surface area contributed by atoms with Crippen molar-refractivity contribution in [2.45, 2.75) is 44.7 Å². The van der Waals surface area contributed by atoms with Crippen LogP contribution < -0.4 is 5.32 Å². The molecule has 0 saturated carbocycles. The minimum absolute atomic E-state index is 0.00134. The molecule has 1 saturated heterocycles. The standard InChI is InChI=1S/C27H28F3N3O4S/c1-17-9-10-18(2)20(14-17)11-12-24-25(19(3)32-37-24)38(35,36)33-13-5-6-21(16-33)26(34)31-23-8-4-7-22(15-23)27(28,29)30/h4,7-12,14-15,21H,5-6,13,16H2,1-3H3,(H,31,34)/b12-11+/t21-/m1/s1. The van der Waals surface area contributed by atoms with Gasteiger partial charge >= 0.3 is 6.18 Å². The van der Waals surface area contributed by atoms with E-state index in [1.54, 1.807) is 12.2 Å². The number of alkyl halides is 3. The minimum atomic E-state index is -4.54. The molecule has 1 fully saturated rings. The van der Waals surface area contributed by atoms with Gasteiger partial charge < -0.3 is 9.84 Å². The summed E-state index contributed by atoms with van der Waals surface area (Å²) in [5.74, 6) is -1.19. The number of nitrogens with one attached hydrogen (secondary N) is 1. The quantitative estimate of drug-likeness (QED) is 0.419. The summed E-state index contributed by atoms with van der Waals surface area (Å²) in [6.45, 7) is 5.52. The molecule has 4 rings (SSSR count). The Kier molecular flexibility index (Phi) is 7.80. The van der Waals surface area contributed by atoms with Crippen LogP contribution in [-0.4, -0.2) is 36.9 Å². The van der Waals surface area contributed by atoms with Gasteiger partial charge in [-0.3, -0.25) is 4.79 Å². The third-order valence-electron chi connectivity index (χ3n) is 6.49. The first-order chi connectivity index (χ1) is 17.9. The average molecular weight is 548 g/mol. The molecule has 38 heavy (non-hydrogen) atoms. The summed E-state index contributed by atoms with van der Waals surface area (Å²) in [4.78, 5) is 12.8. The second kappa shape index (κ2) is 10.7. The van der Waals surface area contributed by atoms with Gasteiger partial charge in [0.1, 0.15) is 5.69 Å². The largest absolute Gasteiger partial charge is 0.416 e. The molecule has 11 heteroatoms. The Balaban J connectivity index is 1.53. The van der Waals surface area contributed by atoms with E-state index < -0.39 is 33.6 Å². The molecule has 202 valence electrons. The van der Waals surface area contributed by atoms with Gasteiger partial charge in [-0.05, 0) is 69.0 Å². The van der Waals surface area contributed by atoms with Crippen molar-refractivity contribution < 1.29 is 30.9 Å². The van der Waals surface area contributed by atoms with Crippen molar-refractivity contribution in [1.29, 1.82) is 0 Å². The molecule has 7 nitrogen and oxygen atoms in total. The predicted molar refractivity (Wildman–Crippen MR) is 138 cm³/mol. The Morgan fingerprint density at radius 2 is 1.89 bits per heavy atom. The Labute approximate surface area is 219 Å². The second-order valence-electron chi connectivity index (χ2n) is 9.42. The number of aryl methyl sites for hydroxylation is 3. The van der Waals surface area contributed by atoms with Crippen molar-refractivity contribution in [3.05, 3.63) is 76.2 Å². The van der Waals surface area contributed by atoms with Crippen LogP contribution in [0.15, 0.2) is 51.9 Å². The Morgan fingerprint density at radius 3 is 2.63 bits per heavy atom. The second-order valence-corrected chi connectivity index (χ2v) is 11.3. The lowest BCUT2D eigenvalue weighted by Gasteiger charge is -2.31. The van der Waals surface area contributed by atoms with Gasteiger partial charge in [0.2, 0.25) is 15.9 Å². The summed E-state index contributed by atoms with van der Waals surface area (Å²) in [6.07, 6.45) is -0.396. The highest BCUT2D eigenvalue weighted by atomic mass is 32.2. The highest BCUT2D eigenvalue weighted by Gasteiger charge is 2.37. The number of benzene rings is 2. The number of aromatic nitrogens is 1. The molecule has 2 heterocycles. The highest BCUT2D eigenvalue weighted by Crippen LogP contribution is 2.32. The molecule has 0 bridgehead atoms. The van der Waals surface area contributed by atoms with Crippen LogP contribution in [0.1, 0.15) is 46.5 Å². The third-order valence-corrected chi connectivity index (χ3v) is 8.52. The molecule has 0 radical (unpaired) electrons. The van der Waals surface area contributed by atoms with E-state index in [4.69, 9.17) is 4.52 Å². The monoisotopic (exact) mass is 547 g/mol. The number of rotatable bonds is 6. The number of sulfonamides is 1. The topological polar surface area (TPSA) is 92.5 Å². The van der Waals surface area contributed by atoms with Gasteiger partial charge in [-0.25, -0.2) is 8.42 Å². The van der Waals surface area contributed by atoms with Gasteiger partial charge in [0.05, 0.1) is 11.5 Å². The average Bonchev–Trinajstić information content (AvgIpc) is 3.25. The molecule has 1 N–H and O–H groups in total. The van der Waals surface area contributed by atoms with Crippen LogP contribution >= 0.6 is 0 Å². The molecule has 0 unspecified atom stereocenters. The number of hydrogen-bond acceptors (Lipinski definition) is 5. The van der Waals surface area contributed by atoms with Gasteiger partial charge in [0.25, 0.3) is 0 Å². The van der Waals surface area contributed by atoms with Crippen LogP contribution in [0.25, 0.3) is 12.2 Å². The molecule has 1 atom stereocenters. The van der Waals surface area contributed by atoms with E-state index in [1.807, 2.05) is 32.0 Å². The maximum absolute atomic E-state index is 13.6. The summed E-state index contributed by atoms with van der Waals surface area (Å²) in [7, 11) is -4.07. The first kappa shape index (κ1) is 27.6. The van der Waals surface area contributed by atoms with Crippen LogP contribution in [0, 0.1) is 26.7 Å². The Morgan fingerprint density at radius 1 is 1.13 bits per heavy atom. The van der Waals surface area contributed by atoms with Crippen LogP contribution in [0.4, 0.5) is 18.9 Å². The summed E-state index contributed by atoms with van der Waals surface area (Å²) in [5.41, 5.74) is 2.29. The van der Waals surface area contributed by atoms with Crippen molar-refractivity contribution >= 4 is 33.8 Å². The van der Waals surface area contributed by atoms with Crippen molar-refractivity contribution in [2.75, 3.05) is 18.4 Å². The van der Waals surface area contributed by atoms with Gasteiger partial charge in [-0.1, -0.05) is 41.1 Å². The number of piperidine rings is 1.